The molecule has 1 fully saturated rings. The summed E-state index contributed by atoms with van der Waals surface area (Å²) >= 11 is 0. The lowest BCUT2D eigenvalue weighted by Crippen LogP contribution is -2.34. The van der Waals surface area contributed by atoms with Crippen molar-refractivity contribution in [2.24, 2.45) is 17.3 Å². The van der Waals surface area contributed by atoms with Crippen LogP contribution < -0.4 is 0 Å². The van der Waals surface area contributed by atoms with Crippen molar-refractivity contribution in [3.63, 3.8) is 0 Å². The number of fused-ring (bicyclic) bond motifs is 4. The molecule has 20 heavy (non-hydrogen) atoms. The summed E-state index contributed by atoms with van der Waals surface area (Å²) in [5, 5.41) is 0. The van der Waals surface area contributed by atoms with Crippen LogP contribution in [0.4, 0.5) is 0 Å². The molecule has 0 aromatic heterocycles. The molecule has 1 saturated carbocycles. The van der Waals surface area contributed by atoms with Crippen LogP contribution in [0, 0.1) is 17.3 Å². The van der Waals surface area contributed by atoms with E-state index in [4.69, 9.17) is 0 Å². The van der Waals surface area contributed by atoms with Gasteiger partial charge in [0.05, 0.1) is 0 Å². The molecule has 0 radical (unpaired) electrons. The summed E-state index contributed by atoms with van der Waals surface area (Å²) in [4.78, 5) is 0. The summed E-state index contributed by atoms with van der Waals surface area (Å²) in [6.07, 6.45) is 12.0. The monoisotopic (exact) mass is 266 g/mol. The van der Waals surface area contributed by atoms with Gasteiger partial charge in [0.15, 0.2) is 0 Å². The van der Waals surface area contributed by atoms with Gasteiger partial charge < -0.3 is 0 Å². The van der Waals surface area contributed by atoms with Crippen molar-refractivity contribution < 1.29 is 0 Å². The van der Waals surface area contributed by atoms with E-state index in [1.165, 1.54) is 32.1 Å². The van der Waals surface area contributed by atoms with Gasteiger partial charge in [0.25, 0.3) is 0 Å². The third-order valence-corrected chi connectivity index (χ3v) is 6.12. The highest BCUT2D eigenvalue weighted by Crippen LogP contribution is 2.58. The van der Waals surface area contributed by atoms with E-state index in [1.54, 1.807) is 16.7 Å². The quantitative estimate of drug-likeness (QED) is 0.576. The maximum atomic E-state index is 2.53. The van der Waals surface area contributed by atoms with E-state index in [1.807, 2.05) is 0 Å². The molecule has 1 spiro atoms. The van der Waals surface area contributed by atoms with Crippen LogP contribution in [0.1, 0.15) is 56.7 Å². The fourth-order valence-electron chi connectivity index (χ4n) is 5.18. The minimum absolute atomic E-state index is 0.282. The molecule has 0 amide bonds. The average molecular weight is 266 g/mol. The van der Waals surface area contributed by atoms with E-state index in [9.17, 15) is 0 Å². The van der Waals surface area contributed by atoms with E-state index in [2.05, 4.69) is 51.1 Å². The van der Waals surface area contributed by atoms with Crippen LogP contribution in [0.15, 0.2) is 30.4 Å². The standard InChI is InChI=1S/C20H26/c1-19(2,3)18-6-4-5-15-13-20(10-9-17(15)18)12-14-7-8-16(20)11-14/h4-8,14,16H,9-13H2,1-3H3. The molecule has 3 aliphatic carbocycles. The lowest BCUT2D eigenvalue weighted by Gasteiger charge is -2.41. The summed E-state index contributed by atoms with van der Waals surface area (Å²) < 4.78 is 0. The van der Waals surface area contributed by atoms with Crippen molar-refractivity contribution in [3.8, 4) is 0 Å². The molecular formula is C20H26. The topological polar surface area (TPSA) is 0 Å². The Morgan fingerprint density at radius 2 is 2.00 bits per heavy atom. The van der Waals surface area contributed by atoms with E-state index >= 15 is 0 Å². The number of benzene rings is 1. The number of allylic oxidation sites excluding steroid dienone is 2. The molecule has 106 valence electrons. The van der Waals surface area contributed by atoms with E-state index < -0.39 is 0 Å². The van der Waals surface area contributed by atoms with Crippen molar-refractivity contribution in [2.45, 2.75) is 58.3 Å². The average Bonchev–Trinajstić information content (AvgIpc) is 2.97. The number of hydrogen-bond donors (Lipinski definition) is 0. The fourth-order valence-corrected chi connectivity index (χ4v) is 5.18. The Balaban J connectivity index is 1.73. The fraction of sp³-hybridized carbons (Fsp3) is 0.600. The van der Waals surface area contributed by atoms with E-state index in [0.717, 1.165) is 11.8 Å². The van der Waals surface area contributed by atoms with Gasteiger partial charge in [0.2, 0.25) is 0 Å². The Kier molecular flexibility index (Phi) is 2.53. The summed E-state index contributed by atoms with van der Waals surface area (Å²) in [6, 6.07) is 7.06. The Labute approximate surface area is 123 Å². The van der Waals surface area contributed by atoms with Crippen LogP contribution in [0.2, 0.25) is 0 Å². The molecular weight excluding hydrogens is 240 g/mol. The summed E-state index contributed by atoms with van der Waals surface area (Å²) in [5.74, 6) is 1.77. The lowest BCUT2D eigenvalue weighted by atomic mass is 9.63. The van der Waals surface area contributed by atoms with Gasteiger partial charge in [-0.15, -0.1) is 0 Å². The predicted octanol–water partition coefficient (Wildman–Crippen LogP) is 5.06. The number of hydrogen-bond acceptors (Lipinski definition) is 0. The normalized spacial score (nSPS) is 34.8. The van der Waals surface area contributed by atoms with Gasteiger partial charge in [0, 0.05) is 0 Å². The first-order valence-electron chi connectivity index (χ1n) is 8.28. The lowest BCUT2D eigenvalue weighted by molar-refractivity contribution is 0.194. The van der Waals surface area contributed by atoms with E-state index in [0.29, 0.717) is 5.41 Å². The van der Waals surface area contributed by atoms with Crippen molar-refractivity contribution in [3.05, 3.63) is 47.0 Å². The van der Waals surface area contributed by atoms with Crippen molar-refractivity contribution in [1.29, 1.82) is 0 Å². The first-order valence-corrected chi connectivity index (χ1v) is 8.28. The highest BCUT2D eigenvalue weighted by Gasteiger charge is 2.49. The maximum absolute atomic E-state index is 2.53. The molecule has 1 aromatic rings. The Hall–Kier alpha value is -1.04. The van der Waals surface area contributed by atoms with Gasteiger partial charge in [-0.2, -0.15) is 0 Å². The highest BCUT2D eigenvalue weighted by molar-refractivity contribution is 5.42. The minimum Gasteiger partial charge on any atom is -0.0851 e. The molecule has 0 heterocycles. The second kappa shape index (κ2) is 4.00. The number of rotatable bonds is 0. The third-order valence-electron chi connectivity index (χ3n) is 6.12. The van der Waals surface area contributed by atoms with Gasteiger partial charge in [-0.25, -0.2) is 0 Å². The molecule has 0 N–H and O–H groups in total. The molecule has 0 saturated heterocycles. The smallest absolute Gasteiger partial charge is 0.0129 e. The molecule has 0 nitrogen and oxygen atoms in total. The van der Waals surface area contributed by atoms with Crippen LogP contribution in [-0.4, -0.2) is 0 Å². The molecule has 3 aliphatic rings. The zero-order valence-electron chi connectivity index (χ0n) is 13.1. The summed E-state index contributed by atoms with van der Waals surface area (Å²) in [6.45, 7) is 7.06. The summed E-state index contributed by atoms with van der Waals surface area (Å²) in [5.41, 5.74) is 5.82. The SMILES string of the molecule is CC(C)(C)c1cccc2c1CCC1(C2)CC2C=CC1C2. The highest BCUT2D eigenvalue weighted by atomic mass is 14.5. The second-order valence-corrected chi connectivity index (χ2v) is 8.42. The Morgan fingerprint density at radius 1 is 1.15 bits per heavy atom. The van der Waals surface area contributed by atoms with Crippen LogP contribution in [-0.2, 0) is 18.3 Å². The van der Waals surface area contributed by atoms with Crippen molar-refractivity contribution >= 4 is 0 Å². The van der Waals surface area contributed by atoms with Crippen LogP contribution in [0.5, 0.6) is 0 Å². The molecule has 0 heteroatoms. The van der Waals surface area contributed by atoms with Gasteiger partial charge >= 0.3 is 0 Å². The van der Waals surface area contributed by atoms with Gasteiger partial charge in [-0.05, 0) is 71.5 Å². The Morgan fingerprint density at radius 3 is 2.65 bits per heavy atom. The largest absolute Gasteiger partial charge is 0.0851 e. The predicted molar refractivity (Wildman–Crippen MR) is 85.0 cm³/mol. The molecule has 1 aromatic carbocycles. The molecule has 0 aliphatic heterocycles. The third kappa shape index (κ3) is 1.73. The summed E-state index contributed by atoms with van der Waals surface area (Å²) in [7, 11) is 0. The zero-order valence-corrected chi connectivity index (χ0v) is 13.1. The van der Waals surface area contributed by atoms with Crippen molar-refractivity contribution in [2.75, 3.05) is 0 Å². The second-order valence-electron chi connectivity index (χ2n) is 8.42. The zero-order chi connectivity index (χ0) is 14.0. The first kappa shape index (κ1) is 12.7. The van der Waals surface area contributed by atoms with E-state index in [-0.39, 0.29) is 5.41 Å². The van der Waals surface area contributed by atoms with Crippen LogP contribution in [0.3, 0.4) is 0 Å². The molecule has 3 atom stereocenters. The van der Waals surface area contributed by atoms with Crippen molar-refractivity contribution in [1.82, 2.24) is 0 Å². The maximum Gasteiger partial charge on any atom is -0.0129 e. The molecule has 4 rings (SSSR count). The van der Waals surface area contributed by atoms with Gasteiger partial charge in [-0.3, -0.25) is 0 Å². The van der Waals surface area contributed by atoms with Crippen LogP contribution in [0.25, 0.3) is 0 Å². The Bertz CT molecular complexity index is 572. The van der Waals surface area contributed by atoms with Crippen LogP contribution >= 0.6 is 0 Å². The minimum atomic E-state index is 0.282. The molecule has 3 unspecified atom stereocenters. The van der Waals surface area contributed by atoms with Gasteiger partial charge in [-0.1, -0.05) is 51.1 Å². The first-order chi connectivity index (χ1) is 9.48. The van der Waals surface area contributed by atoms with Gasteiger partial charge in [0.1, 0.15) is 0 Å². The molecule has 2 bridgehead atoms.